The van der Waals surface area contributed by atoms with Gasteiger partial charge in [0.05, 0.1) is 5.56 Å². The third kappa shape index (κ3) is 5.23. The van der Waals surface area contributed by atoms with Crippen molar-refractivity contribution in [3.63, 3.8) is 0 Å². The third-order valence-corrected chi connectivity index (χ3v) is 4.39. The van der Waals surface area contributed by atoms with Crippen molar-refractivity contribution in [2.45, 2.75) is 40.2 Å². The van der Waals surface area contributed by atoms with Crippen molar-refractivity contribution in [3.05, 3.63) is 23.0 Å². The summed E-state index contributed by atoms with van der Waals surface area (Å²) in [5, 5.41) is 6.42. The fourth-order valence-corrected chi connectivity index (χ4v) is 3.34. The number of carbonyl (C=O) groups is 1. The van der Waals surface area contributed by atoms with Gasteiger partial charge in [0.2, 0.25) is 0 Å². The number of hydrogen-bond acceptors (Lipinski definition) is 3. The Hall–Kier alpha value is -1.04. The van der Waals surface area contributed by atoms with Crippen LogP contribution in [0.3, 0.4) is 0 Å². The highest BCUT2D eigenvalue weighted by atomic mass is 35.5. The third-order valence-electron chi connectivity index (χ3n) is 4.39. The highest BCUT2D eigenvalue weighted by Crippen LogP contribution is 2.19. The molecule has 1 aliphatic heterocycles. The monoisotopic (exact) mass is 342 g/mol. The average molecular weight is 343 g/mol. The molecule has 5 nitrogen and oxygen atoms in total. The van der Waals surface area contributed by atoms with Crippen molar-refractivity contribution >= 4 is 18.3 Å². The van der Waals surface area contributed by atoms with Crippen molar-refractivity contribution in [1.29, 1.82) is 0 Å². The quantitative estimate of drug-likeness (QED) is 0.779. The van der Waals surface area contributed by atoms with Gasteiger partial charge in [0.25, 0.3) is 5.91 Å². The number of aryl methyl sites for hydroxylation is 1. The lowest BCUT2D eigenvalue weighted by Crippen LogP contribution is -2.44. The van der Waals surface area contributed by atoms with Crippen molar-refractivity contribution in [1.82, 2.24) is 20.1 Å². The van der Waals surface area contributed by atoms with Crippen LogP contribution in [-0.4, -0.2) is 54.6 Å². The fourth-order valence-electron chi connectivity index (χ4n) is 3.34. The minimum Gasteiger partial charge on any atom is -0.352 e. The molecule has 0 spiro atoms. The predicted octanol–water partition coefficient (Wildman–Crippen LogP) is 2.13. The van der Waals surface area contributed by atoms with E-state index >= 15 is 0 Å². The Kier molecular flexibility index (Phi) is 8.09. The Bertz CT molecular complexity index is 507. The van der Waals surface area contributed by atoms with Gasteiger partial charge >= 0.3 is 0 Å². The van der Waals surface area contributed by atoms with Gasteiger partial charge in [-0.1, -0.05) is 0 Å². The topological polar surface area (TPSA) is 49.3 Å². The zero-order valence-corrected chi connectivity index (χ0v) is 15.6. The number of nitrogens with zero attached hydrogens (tertiary/aromatic N) is 2. The molecule has 2 heterocycles. The van der Waals surface area contributed by atoms with Crippen molar-refractivity contribution < 1.29 is 4.79 Å². The summed E-state index contributed by atoms with van der Waals surface area (Å²) in [4.78, 5) is 14.8. The number of carbonyl (C=O) groups excluding carboxylic acids is 1. The summed E-state index contributed by atoms with van der Waals surface area (Å²) in [6.45, 7) is 14.6. The predicted molar refractivity (Wildman–Crippen MR) is 97.8 cm³/mol. The van der Waals surface area contributed by atoms with Gasteiger partial charge in [0.15, 0.2) is 0 Å². The first-order valence-corrected chi connectivity index (χ1v) is 8.40. The van der Waals surface area contributed by atoms with E-state index < -0.39 is 0 Å². The Labute approximate surface area is 146 Å². The van der Waals surface area contributed by atoms with E-state index in [0.717, 1.165) is 62.6 Å². The summed E-state index contributed by atoms with van der Waals surface area (Å²) in [6, 6.07) is 2.38. The summed E-state index contributed by atoms with van der Waals surface area (Å²) in [5.74, 6) is 0.0558. The van der Waals surface area contributed by atoms with E-state index in [0.29, 0.717) is 6.04 Å². The molecule has 0 aliphatic carbocycles. The minimum atomic E-state index is 0. The van der Waals surface area contributed by atoms with Crippen LogP contribution in [0, 0.1) is 13.8 Å². The van der Waals surface area contributed by atoms with Crippen LogP contribution in [0.2, 0.25) is 0 Å². The van der Waals surface area contributed by atoms with Crippen LogP contribution in [0.25, 0.3) is 0 Å². The summed E-state index contributed by atoms with van der Waals surface area (Å²) in [5.41, 5.74) is 3.03. The Morgan fingerprint density at radius 2 is 1.96 bits per heavy atom. The first-order chi connectivity index (χ1) is 10.5. The number of amides is 1. The van der Waals surface area contributed by atoms with Gasteiger partial charge in [-0.25, -0.2) is 0 Å². The molecule has 0 bridgehead atoms. The molecule has 1 saturated heterocycles. The van der Waals surface area contributed by atoms with Crippen LogP contribution in [0.5, 0.6) is 0 Å². The van der Waals surface area contributed by atoms with E-state index in [4.69, 9.17) is 0 Å². The van der Waals surface area contributed by atoms with Crippen molar-refractivity contribution in [3.8, 4) is 0 Å². The number of halogens is 1. The molecule has 1 aromatic rings. The van der Waals surface area contributed by atoms with E-state index in [1.54, 1.807) is 0 Å². The van der Waals surface area contributed by atoms with Crippen molar-refractivity contribution in [2.24, 2.45) is 0 Å². The first kappa shape index (κ1) is 20.0. The molecule has 1 aromatic heterocycles. The highest BCUT2D eigenvalue weighted by molar-refractivity contribution is 5.95. The maximum Gasteiger partial charge on any atom is 0.253 e. The van der Waals surface area contributed by atoms with E-state index in [1.807, 2.05) is 13.0 Å². The maximum atomic E-state index is 12.4. The second kappa shape index (κ2) is 9.30. The second-order valence-corrected chi connectivity index (χ2v) is 6.45. The molecule has 132 valence electrons. The zero-order chi connectivity index (χ0) is 16.1. The standard InChI is InChI=1S/C17H30N4O.ClH/c1-13(2)21-14(3)12-16(15(21)4)17(22)19-6-5-9-20-10-7-18-8-11-20;/h12-13,18H,5-11H2,1-4H3,(H,19,22);1H. The Balaban J connectivity index is 0.00000264. The first-order valence-electron chi connectivity index (χ1n) is 8.40. The van der Waals surface area contributed by atoms with Crippen LogP contribution in [0.4, 0.5) is 0 Å². The number of hydrogen-bond donors (Lipinski definition) is 2. The molecule has 0 radical (unpaired) electrons. The molecule has 0 unspecified atom stereocenters. The SMILES string of the molecule is Cc1cc(C(=O)NCCCN2CCNCC2)c(C)n1C(C)C.Cl. The molecule has 1 amide bonds. The molecule has 23 heavy (non-hydrogen) atoms. The average Bonchev–Trinajstić information content (AvgIpc) is 2.79. The lowest BCUT2D eigenvalue weighted by Gasteiger charge is -2.27. The van der Waals surface area contributed by atoms with Crippen LogP contribution in [-0.2, 0) is 0 Å². The molecule has 6 heteroatoms. The highest BCUT2D eigenvalue weighted by Gasteiger charge is 2.16. The normalized spacial score (nSPS) is 15.5. The summed E-state index contributed by atoms with van der Waals surface area (Å²) in [7, 11) is 0. The number of rotatable bonds is 6. The van der Waals surface area contributed by atoms with E-state index in [1.165, 1.54) is 0 Å². The maximum absolute atomic E-state index is 12.4. The number of piperazine rings is 1. The summed E-state index contributed by atoms with van der Waals surface area (Å²) >= 11 is 0. The van der Waals surface area contributed by atoms with Crippen LogP contribution >= 0.6 is 12.4 Å². The fraction of sp³-hybridized carbons (Fsp3) is 0.706. The molecule has 2 rings (SSSR count). The van der Waals surface area contributed by atoms with Crippen LogP contribution in [0.15, 0.2) is 6.07 Å². The van der Waals surface area contributed by atoms with Gasteiger partial charge in [0, 0.05) is 50.2 Å². The largest absolute Gasteiger partial charge is 0.352 e. The second-order valence-electron chi connectivity index (χ2n) is 6.45. The van der Waals surface area contributed by atoms with Gasteiger partial charge in [-0.05, 0) is 46.7 Å². The molecule has 1 aliphatic rings. The number of nitrogens with one attached hydrogen (secondary N) is 2. The summed E-state index contributed by atoms with van der Waals surface area (Å²) < 4.78 is 2.22. The summed E-state index contributed by atoms with van der Waals surface area (Å²) in [6.07, 6.45) is 1.01. The van der Waals surface area contributed by atoms with E-state index in [-0.39, 0.29) is 18.3 Å². The molecule has 1 fully saturated rings. The Morgan fingerprint density at radius 3 is 2.52 bits per heavy atom. The lowest BCUT2D eigenvalue weighted by atomic mass is 10.2. The lowest BCUT2D eigenvalue weighted by molar-refractivity contribution is 0.0950. The van der Waals surface area contributed by atoms with Crippen LogP contribution < -0.4 is 10.6 Å². The minimum absolute atomic E-state index is 0. The molecule has 0 atom stereocenters. The van der Waals surface area contributed by atoms with E-state index in [2.05, 4.69) is 40.9 Å². The molecule has 0 aromatic carbocycles. The molecular formula is C17H31ClN4O. The van der Waals surface area contributed by atoms with Gasteiger partial charge in [-0.3, -0.25) is 4.79 Å². The van der Waals surface area contributed by atoms with Gasteiger partial charge in [-0.2, -0.15) is 0 Å². The van der Waals surface area contributed by atoms with E-state index in [9.17, 15) is 4.79 Å². The van der Waals surface area contributed by atoms with Gasteiger partial charge in [0.1, 0.15) is 0 Å². The smallest absolute Gasteiger partial charge is 0.253 e. The van der Waals surface area contributed by atoms with Gasteiger partial charge in [-0.15, -0.1) is 12.4 Å². The zero-order valence-electron chi connectivity index (χ0n) is 14.8. The van der Waals surface area contributed by atoms with Gasteiger partial charge < -0.3 is 20.1 Å². The molecule has 0 saturated carbocycles. The van der Waals surface area contributed by atoms with Crippen molar-refractivity contribution in [2.75, 3.05) is 39.3 Å². The number of aromatic nitrogens is 1. The van der Waals surface area contributed by atoms with Crippen LogP contribution in [0.1, 0.15) is 48.1 Å². The molecular weight excluding hydrogens is 312 g/mol. The molecule has 2 N–H and O–H groups in total. The Morgan fingerprint density at radius 1 is 1.30 bits per heavy atom.